The summed E-state index contributed by atoms with van der Waals surface area (Å²) in [6.45, 7) is 0. The molecule has 0 aliphatic heterocycles. The minimum absolute atomic E-state index is 0. The Labute approximate surface area is 66.3 Å². The molecule has 1 radical (unpaired) electrons. The largest absolute Gasteiger partial charge is 0 e. The fourth-order valence-electron chi connectivity index (χ4n) is 0.0781. The van der Waals surface area contributed by atoms with Gasteiger partial charge in [0.2, 0.25) is 0 Å². The third-order valence-electron chi connectivity index (χ3n) is 0.514. The summed E-state index contributed by atoms with van der Waals surface area (Å²) < 4.78 is 0. The molecule has 0 fully saturated rings. The average molecular weight is 232 g/mol. The van der Waals surface area contributed by atoms with Crippen LogP contribution in [0.2, 0.25) is 5.32 Å². The Morgan fingerprint density at radius 1 is 1.88 bits per heavy atom. The molecule has 3 nitrogen and oxygen atoms in total. The second-order valence-electron chi connectivity index (χ2n) is 1.13. The van der Waals surface area contributed by atoms with Crippen LogP contribution in [0.25, 0.3) is 0 Å². The molecule has 8 heavy (non-hydrogen) atoms. The number of hydrogen-bond acceptors (Lipinski definition) is 2. The minimum Gasteiger partial charge on any atom is 0 e. The van der Waals surface area contributed by atoms with Gasteiger partial charge in [-0.1, -0.05) is 0 Å². The topological polar surface area (TPSA) is 63.3 Å². The Kier molecular flexibility index (Phi) is 7.91. The molecule has 0 amide bonds. The van der Waals surface area contributed by atoms with Gasteiger partial charge in [0.15, 0.2) is 0 Å². The van der Waals surface area contributed by atoms with E-state index in [-0.39, 0.29) is 17.1 Å². The van der Waals surface area contributed by atoms with Crippen LogP contribution in [0.5, 0.6) is 0 Å². The van der Waals surface area contributed by atoms with Gasteiger partial charge in [0.25, 0.3) is 0 Å². The van der Waals surface area contributed by atoms with Crippen LogP contribution < -0.4 is 5.73 Å². The molecule has 0 heterocycles. The van der Waals surface area contributed by atoms with Crippen LogP contribution in [-0.4, -0.2) is 33.1 Å². The van der Waals surface area contributed by atoms with Crippen LogP contribution in [0.1, 0.15) is 0 Å². The molecule has 53 valence electrons. The van der Waals surface area contributed by atoms with E-state index >= 15 is 0 Å². The standard InChI is InChI=1S/C3H7NO2Se.Cu/c4-2(1-7)3(5)6;/h2,7H,1,4H2,(H,5,6);/t2-;/m0./s1. The van der Waals surface area contributed by atoms with Gasteiger partial charge in [-0.2, -0.15) is 0 Å². The summed E-state index contributed by atoms with van der Waals surface area (Å²) in [4.78, 5) is 9.80. The number of carboxylic acid groups (broad SMARTS) is 1. The Bertz CT molecular complexity index is 79.7. The molecular weight excluding hydrogens is 225 g/mol. The van der Waals surface area contributed by atoms with Crippen LogP contribution in [0.3, 0.4) is 0 Å². The zero-order valence-corrected chi connectivity index (χ0v) is 6.78. The number of carboxylic acids is 1. The maximum absolute atomic E-state index is 9.80. The molecule has 0 aromatic rings. The molecule has 3 N–H and O–H groups in total. The van der Waals surface area contributed by atoms with Crippen molar-refractivity contribution in [2.45, 2.75) is 11.4 Å². The van der Waals surface area contributed by atoms with Crippen LogP contribution in [0.4, 0.5) is 0 Å². The second kappa shape index (κ2) is 5.60. The van der Waals surface area contributed by atoms with Gasteiger partial charge in [0.1, 0.15) is 0 Å². The quantitative estimate of drug-likeness (QED) is 0.582. The smallest absolute Gasteiger partial charge is 0 e. The van der Waals surface area contributed by atoms with Crippen molar-refractivity contribution >= 4 is 22.0 Å². The van der Waals surface area contributed by atoms with Gasteiger partial charge >= 0.3 is 49.0 Å². The molecule has 0 aliphatic carbocycles. The van der Waals surface area contributed by atoms with E-state index in [1.54, 1.807) is 0 Å². The molecule has 0 spiro atoms. The summed E-state index contributed by atoms with van der Waals surface area (Å²) in [5.41, 5.74) is 5.00. The molecule has 0 saturated heterocycles. The molecular formula is C3H7CuNO2Se. The van der Waals surface area contributed by atoms with Crippen molar-refractivity contribution in [3.63, 3.8) is 0 Å². The van der Waals surface area contributed by atoms with Crippen molar-refractivity contribution < 1.29 is 27.0 Å². The third-order valence-corrected chi connectivity index (χ3v) is 1.34. The molecule has 0 saturated carbocycles. The van der Waals surface area contributed by atoms with Gasteiger partial charge in [-0.05, 0) is 0 Å². The van der Waals surface area contributed by atoms with Crippen molar-refractivity contribution in [1.29, 1.82) is 0 Å². The first kappa shape index (κ1) is 11.3. The average Bonchev–Trinajstić information content (AvgIpc) is 1.65. The number of aliphatic carboxylic acids is 1. The molecule has 0 aromatic carbocycles. The first-order valence-electron chi connectivity index (χ1n) is 1.77. The molecule has 1 atom stereocenters. The summed E-state index contributed by atoms with van der Waals surface area (Å²) in [7, 11) is 0. The normalized spacial score (nSPS) is 11.8. The summed E-state index contributed by atoms with van der Waals surface area (Å²) in [6.07, 6.45) is 0. The van der Waals surface area contributed by atoms with Gasteiger partial charge in [-0.3, -0.25) is 0 Å². The van der Waals surface area contributed by atoms with Gasteiger partial charge in [-0.15, -0.1) is 0 Å². The summed E-state index contributed by atoms with van der Waals surface area (Å²) in [6, 6.07) is -0.708. The second-order valence-corrected chi connectivity index (χ2v) is 1.89. The monoisotopic (exact) mass is 232 g/mol. The van der Waals surface area contributed by atoms with Crippen molar-refractivity contribution in [3.8, 4) is 0 Å². The van der Waals surface area contributed by atoms with E-state index in [1.807, 2.05) is 0 Å². The van der Waals surface area contributed by atoms with Crippen LogP contribution >= 0.6 is 0 Å². The summed E-state index contributed by atoms with van der Waals surface area (Å²) >= 11 is 2.13. The third kappa shape index (κ3) is 4.62. The fourth-order valence-corrected chi connectivity index (χ4v) is 0.406. The zero-order valence-electron chi connectivity index (χ0n) is 3.97. The summed E-state index contributed by atoms with van der Waals surface area (Å²) in [5, 5.41) is 8.48. The SMILES string of the molecule is N[C@@H](C[SeH])C(=O)O.[Cu]. The predicted molar refractivity (Wildman–Crippen MR) is 27.6 cm³/mol. The predicted octanol–water partition coefficient (Wildman–Crippen LogP) is -1.29. The molecule has 0 aromatic heterocycles. The maximum atomic E-state index is 9.80. The van der Waals surface area contributed by atoms with Crippen LogP contribution in [0, 0.1) is 0 Å². The first-order valence-corrected chi connectivity index (χ1v) is 3.10. The van der Waals surface area contributed by atoms with Gasteiger partial charge in [-0.25, -0.2) is 0 Å². The number of hydrogen-bond donors (Lipinski definition) is 2. The van der Waals surface area contributed by atoms with E-state index in [2.05, 4.69) is 16.0 Å². The summed E-state index contributed by atoms with van der Waals surface area (Å²) in [5.74, 6) is -0.944. The van der Waals surface area contributed by atoms with E-state index < -0.39 is 12.0 Å². The van der Waals surface area contributed by atoms with E-state index in [9.17, 15) is 4.79 Å². The van der Waals surface area contributed by atoms with Crippen molar-refractivity contribution in [2.24, 2.45) is 5.73 Å². The Balaban J connectivity index is 0. The Hall–Kier alpha value is 0.469. The molecule has 0 rings (SSSR count). The van der Waals surface area contributed by atoms with Crippen LogP contribution in [-0.2, 0) is 21.9 Å². The van der Waals surface area contributed by atoms with E-state index in [4.69, 9.17) is 10.8 Å². The molecule has 0 unspecified atom stereocenters. The van der Waals surface area contributed by atoms with E-state index in [0.29, 0.717) is 5.32 Å². The van der Waals surface area contributed by atoms with Gasteiger partial charge in [0, 0.05) is 17.1 Å². The Morgan fingerprint density at radius 3 is 2.25 bits per heavy atom. The van der Waals surface area contributed by atoms with Gasteiger partial charge < -0.3 is 0 Å². The van der Waals surface area contributed by atoms with Crippen molar-refractivity contribution in [3.05, 3.63) is 0 Å². The molecule has 5 heteroatoms. The number of rotatable bonds is 2. The van der Waals surface area contributed by atoms with Gasteiger partial charge in [0.05, 0.1) is 0 Å². The molecule has 0 aliphatic rings. The molecule has 0 bridgehead atoms. The van der Waals surface area contributed by atoms with E-state index in [1.165, 1.54) is 0 Å². The van der Waals surface area contributed by atoms with E-state index in [0.717, 1.165) is 0 Å². The Morgan fingerprint density at radius 2 is 2.25 bits per heavy atom. The van der Waals surface area contributed by atoms with Crippen LogP contribution in [0.15, 0.2) is 0 Å². The minimum atomic E-state index is -0.944. The maximum Gasteiger partial charge on any atom is 0 e. The number of carbonyl (C=O) groups is 1. The number of nitrogens with two attached hydrogens (primary N) is 1. The fraction of sp³-hybridized carbons (Fsp3) is 0.667. The van der Waals surface area contributed by atoms with Crippen molar-refractivity contribution in [1.82, 2.24) is 0 Å². The van der Waals surface area contributed by atoms with Crippen molar-refractivity contribution in [2.75, 3.05) is 0 Å². The first-order chi connectivity index (χ1) is 3.18. The zero-order chi connectivity index (χ0) is 5.86.